The summed E-state index contributed by atoms with van der Waals surface area (Å²) in [6.45, 7) is 3.87. The number of nitrogens with zero attached hydrogens (tertiary/aromatic N) is 1. The number of hydrogen-bond acceptors (Lipinski definition) is 3. The molecule has 0 aliphatic rings. The SMILES string of the molecule is Cc1cccc(C)c1N/N=C/C(=O)O. The number of para-hydroxylation sites is 1. The van der Waals surface area contributed by atoms with Gasteiger partial charge in [-0.25, -0.2) is 4.79 Å². The summed E-state index contributed by atoms with van der Waals surface area (Å²) in [4.78, 5) is 10.2. The number of aliphatic carboxylic acids is 1. The summed E-state index contributed by atoms with van der Waals surface area (Å²) < 4.78 is 0. The first kappa shape index (κ1) is 10.2. The van der Waals surface area contributed by atoms with Gasteiger partial charge in [-0.05, 0) is 25.0 Å². The zero-order valence-electron chi connectivity index (χ0n) is 8.11. The van der Waals surface area contributed by atoms with E-state index in [-0.39, 0.29) is 0 Å². The minimum absolute atomic E-state index is 0.825. The van der Waals surface area contributed by atoms with Crippen molar-refractivity contribution in [2.24, 2.45) is 5.10 Å². The van der Waals surface area contributed by atoms with Crippen molar-refractivity contribution in [3.63, 3.8) is 0 Å². The Morgan fingerprint density at radius 1 is 1.43 bits per heavy atom. The monoisotopic (exact) mass is 192 g/mol. The molecule has 0 radical (unpaired) electrons. The van der Waals surface area contributed by atoms with E-state index in [2.05, 4.69) is 10.5 Å². The predicted octanol–water partition coefficient (Wildman–Crippen LogP) is 1.79. The molecule has 0 aliphatic heterocycles. The number of aryl methyl sites for hydroxylation is 2. The standard InChI is InChI=1S/C10H12N2O2/c1-7-4-3-5-8(2)10(7)12-11-6-9(13)14/h3-6,12H,1-2H3,(H,13,14)/b11-6+. The van der Waals surface area contributed by atoms with E-state index in [4.69, 9.17) is 5.11 Å². The maximum absolute atomic E-state index is 10.2. The molecule has 4 heteroatoms. The van der Waals surface area contributed by atoms with Crippen molar-refractivity contribution in [2.45, 2.75) is 13.8 Å². The molecule has 2 N–H and O–H groups in total. The molecule has 0 saturated carbocycles. The molecule has 14 heavy (non-hydrogen) atoms. The fourth-order valence-corrected chi connectivity index (χ4v) is 1.14. The zero-order chi connectivity index (χ0) is 10.6. The molecular formula is C10H12N2O2. The van der Waals surface area contributed by atoms with E-state index >= 15 is 0 Å². The van der Waals surface area contributed by atoms with E-state index in [0.717, 1.165) is 23.0 Å². The Kier molecular flexibility index (Phi) is 3.23. The molecule has 0 atom stereocenters. The molecule has 4 nitrogen and oxygen atoms in total. The van der Waals surface area contributed by atoms with Crippen LogP contribution in [0.2, 0.25) is 0 Å². The van der Waals surface area contributed by atoms with Crippen LogP contribution in [-0.2, 0) is 4.79 Å². The van der Waals surface area contributed by atoms with Gasteiger partial charge in [-0.3, -0.25) is 5.43 Å². The summed E-state index contributed by atoms with van der Waals surface area (Å²) in [5, 5.41) is 11.9. The maximum atomic E-state index is 10.2. The van der Waals surface area contributed by atoms with E-state index in [1.807, 2.05) is 32.0 Å². The molecule has 0 unspecified atom stereocenters. The van der Waals surface area contributed by atoms with Gasteiger partial charge in [0.1, 0.15) is 6.21 Å². The highest BCUT2D eigenvalue weighted by atomic mass is 16.4. The highest BCUT2D eigenvalue weighted by Crippen LogP contribution is 2.18. The van der Waals surface area contributed by atoms with Crippen molar-refractivity contribution in [2.75, 3.05) is 5.43 Å². The van der Waals surface area contributed by atoms with Crippen molar-refractivity contribution in [3.05, 3.63) is 29.3 Å². The molecule has 0 amide bonds. The van der Waals surface area contributed by atoms with Gasteiger partial charge in [0.05, 0.1) is 5.69 Å². The first-order valence-corrected chi connectivity index (χ1v) is 4.19. The lowest BCUT2D eigenvalue weighted by Crippen LogP contribution is -2.00. The zero-order valence-corrected chi connectivity index (χ0v) is 8.11. The highest BCUT2D eigenvalue weighted by molar-refractivity contribution is 6.22. The number of carboxylic acids is 1. The number of anilines is 1. The van der Waals surface area contributed by atoms with Gasteiger partial charge < -0.3 is 5.11 Å². The predicted molar refractivity (Wildman–Crippen MR) is 55.7 cm³/mol. The van der Waals surface area contributed by atoms with Crippen molar-refractivity contribution < 1.29 is 9.90 Å². The molecule has 0 aliphatic carbocycles. The van der Waals surface area contributed by atoms with Crippen LogP contribution in [0.15, 0.2) is 23.3 Å². The lowest BCUT2D eigenvalue weighted by molar-refractivity contribution is -0.128. The summed E-state index contributed by atoms with van der Waals surface area (Å²) in [5.41, 5.74) is 5.62. The smallest absolute Gasteiger partial charge is 0.348 e. The van der Waals surface area contributed by atoms with Crippen molar-refractivity contribution in [3.8, 4) is 0 Å². The van der Waals surface area contributed by atoms with Crippen molar-refractivity contribution >= 4 is 17.9 Å². The van der Waals surface area contributed by atoms with Crippen LogP contribution in [0.4, 0.5) is 5.69 Å². The van der Waals surface area contributed by atoms with Crippen LogP contribution in [0.25, 0.3) is 0 Å². The third kappa shape index (κ3) is 2.58. The van der Waals surface area contributed by atoms with Gasteiger partial charge >= 0.3 is 5.97 Å². The number of nitrogens with one attached hydrogen (secondary N) is 1. The molecular weight excluding hydrogens is 180 g/mol. The van der Waals surface area contributed by atoms with E-state index < -0.39 is 5.97 Å². The summed E-state index contributed by atoms with van der Waals surface area (Å²) >= 11 is 0. The molecule has 0 saturated heterocycles. The summed E-state index contributed by atoms with van der Waals surface area (Å²) in [5.74, 6) is -1.07. The number of carbonyl (C=O) groups is 1. The number of carboxylic acid groups (broad SMARTS) is 1. The molecule has 0 fully saturated rings. The molecule has 1 aromatic rings. The summed E-state index contributed by atoms with van der Waals surface area (Å²) in [7, 11) is 0. The Labute approximate surface area is 82.3 Å². The second-order valence-electron chi connectivity index (χ2n) is 2.98. The van der Waals surface area contributed by atoms with Gasteiger partial charge in [0.15, 0.2) is 0 Å². The second-order valence-corrected chi connectivity index (χ2v) is 2.98. The van der Waals surface area contributed by atoms with E-state index in [0.29, 0.717) is 0 Å². The Morgan fingerprint density at radius 2 is 2.00 bits per heavy atom. The first-order chi connectivity index (χ1) is 6.61. The van der Waals surface area contributed by atoms with Crippen molar-refractivity contribution in [1.82, 2.24) is 0 Å². The number of benzene rings is 1. The van der Waals surface area contributed by atoms with Gasteiger partial charge in [-0.2, -0.15) is 5.10 Å². The molecule has 1 aromatic carbocycles. The van der Waals surface area contributed by atoms with E-state index in [1.54, 1.807) is 0 Å². The molecule has 0 bridgehead atoms. The average molecular weight is 192 g/mol. The molecule has 1 rings (SSSR count). The largest absolute Gasteiger partial charge is 0.477 e. The topological polar surface area (TPSA) is 61.7 Å². The van der Waals surface area contributed by atoms with Crippen molar-refractivity contribution in [1.29, 1.82) is 0 Å². The lowest BCUT2D eigenvalue weighted by Gasteiger charge is -2.07. The number of hydrazone groups is 1. The van der Waals surface area contributed by atoms with Gasteiger partial charge in [0.25, 0.3) is 0 Å². The lowest BCUT2D eigenvalue weighted by atomic mass is 10.1. The van der Waals surface area contributed by atoms with Crippen LogP contribution in [0.5, 0.6) is 0 Å². The van der Waals surface area contributed by atoms with Crippen LogP contribution >= 0.6 is 0 Å². The quantitative estimate of drug-likeness (QED) is 0.567. The highest BCUT2D eigenvalue weighted by Gasteiger charge is 1.99. The maximum Gasteiger partial charge on any atom is 0.348 e. The fourth-order valence-electron chi connectivity index (χ4n) is 1.14. The van der Waals surface area contributed by atoms with Crippen LogP contribution in [0.3, 0.4) is 0 Å². The van der Waals surface area contributed by atoms with Crippen LogP contribution in [0.1, 0.15) is 11.1 Å². The van der Waals surface area contributed by atoms with Crippen LogP contribution in [-0.4, -0.2) is 17.3 Å². The minimum Gasteiger partial charge on any atom is -0.477 e. The molecule has 0 aromatic heterocycles. The Hall–Kier alpha value is -1.84. The third-order valence-corrected chi connectivity index (χ3v) is 1.83. The summed E-state index contributed by atoms with van der Waals surface area (Å²) in [6.07, 6.45) is 0.825. The Morgan fingerprint density at radius 3 is 2.50 bits per heavy atom. The molecule has 74 valence electrons. The average Bonchev–Trinajstić information content (AvgIpc) is 2.09. The van der Waals surface area contributed by atoms with Gasteiger partial charge in [0, 0.05) is 0 Å². The first-order valence-electron chi connectivity index (χ1n) is 4.19. The summed E-state index contributed by atoms with van der Waals surface area (Å²) in [6, 6.07) is 5.81. The van der Waals surface area contributed by atoms with Gasteiger partial charge in [-0.1, -0.05) is 18.2 Å². The minimum atomic E-state index is -1.07. The fraction of sp³-hybridized carbons (Fsp3) is 0.200. The van der Waals surface area contributed by atoms with Gasteiger partial charge in [0.2, 0.25) is 0 Å². The number of hydrogen-bond donors (Lipinski definition) is 2. The molecule has 0 spiro atoms. The molecule has 0 heterocycles. The van der Waals surface area contributed by atoms with Gasteiger partial charge in [-0.15, -0.1) is 0 Å². The van der Waals surface area contributed by atoms with Crippen LogP contribution in [0, 0.1) is 13.8 Å². The van der Waals surface area contributed by atoms with E-state index in [1.165, 1.54) is 0 Å². The normalized spacial score (nSPS) is 10.4. The Bertz CT molecular complexity index is 352. The Balaban J connectivity index is 2.81. The second kappa shape index (κ2) is 4.41. The third-order valence-electron chi connectivity index (χ3n) is 1.83. The van der Waals surface area contributed by atoms with Crippen LogP contribution < -0.4 is 5.43 Å². The number of rotatable bonds is 3. The van der Waals surface area contributed by atoms with E-state index in [9.17, 15) is 4.79 Å².